The fraction of sp³-hybridized carbons (Fsp3) is 0.462. The molecule has 98 valence electrons. The van der Waals surface area contributed by atoms with Crippen molar-refractivity contribution in [1.82, 2.24) is 0 Å². The van der Waals surface area contributed by atoms with Crippen molar-refractivity contribution in [2.75, 3.05) is 12.5 Å². The molecule has 2 rings (SSSR count). The molecule has 0 radical (unpaired) electrons. The molecule has 0 saturated heterocycles. The van der Waals surface area contributed by atoms with Crippen LogP contribution >= 0.6 is 11.8 Å². The Morgan fingerprint density at radius 3 is 2.78 bits per heavy atom. The minimum atomic E-state index is -0.786. The average Bonchev–Trinajstić information content (AvgIpc) is 2.75. The highest BCUT2D eigenvalue weighted by Crippen LogP contribution is 2.40. The van der Waals surface area contributed by atoms with Gasteiger partial charge < -0.3 is 14.6 Å². The molecular weight excluding hydrogens is 252 g/mol. The second-order valence-electron chi connectivity index (χ2n) is 4.48. The van der Waals surface area contributed by atoms with Crippen LogP contribution in [0.4, 0.5) is 0 Å². The zero-order chi connectivity index (χ0) is 13.1. The number of hydrogen-bond donors (Lipinski definition) is 1. The first-order chi connectivity index (χ1) is 8.58. The summed E-state index contributed by atoms with van der Waals surface area (Å²) < 4.78 is 10.6. The molecule has 0 aliphatic carbocycles. The van der Waals surface area contributed by atoms with Crippen LogP contribution in [-0.4, -0.2) is 23.6 Å². The summed E-state index contributed by atoms with van der Waals surface area (Å²) in [5.74, 6) is 1.18. The Labute approximate surface area is 110 Å². The average molecular weight is 268 g/mol. The van der Waals surface area contributed by atoms with Crippen LogP contribution in [0.15, 0.2) is 18.2 Å². The number of carboxylic acids is 1. The van der Waals surface area contributed by atoms with Crippen molar-refractivity contribution in [2.45, 2.75) is 19.1 Å². The van der Waals surface area contributed by atoms with E-state index < -0.39 is 5.97 Å². The van der Waals surface area contributed by atoms with Gasteiger partial charge in [-0.25, -0.2) is 0 Å². The summed E-state index contributed by atoms with van der Waals surface area (Å²) in [4.78, 5) is 10.7. The number of rotatable bonds is 5. The molecule has 1 atom stereocenters. The molecule has 0 aromatic heterocycles. The number of carboxylic acid groups (broad SMARTS) is 1. The molecule has 0 saturated carbocycles. The summed E-state index contributed by atoms with van der Waals surface area (Å²) in [6.45, 7) is 4.43. The largest absolute Gasteiger partial charge is 0.481 e. The van der Waals surface area contributed by atoms with E-state index in [9.17, 15) is 4.79 Å². The maximum atomic E-state index is 10.7. The predicted octanol–water partition coefficient (Wildman–Crippen LogP) is 2.93. The van der Waals surface area contributed by atoms with Crippen molar-refractivity contribution in [1.29, 1.82) is 0 Å². The van der Waals surface area contributed by atoms with Gasteiger partial charge in [-0.2, -0.15) is 0 Å². The molecule has 0 amide bonds. The van der Waals surface area contributed by atoms with E-state index in [-0.39, 0.29) is 17.8 Å². The Morgan fingerprint density at radius 2 is 2.11 bits per heavy atom. The number of benzene rings is 1. The van der Waals surface area contributed by atoms with Gasteiger partial charge >= 0.3 is 5.97 Å². The van der Waals surface area contributed by atoms with Crippen LogP contribution in [0.3, 0.4) is 0 Å². The first kappa shape index (κ1) is 13.1. The van der Waals surface area contributed by atoms with E-state index in [4.69, 9.17) is 14.6 Å². The lowest BCUT2D eigenvalue weighted by atomic mass is 10.0. The summed E-state index contributed by atoms with van der Waals surface area (Å²) in [5.41, 5.74) is 1.08. The van der Waals surface area contributed by atoms with Gasteiger partial charge in [-0.3, -0.25) is 4.79 Å². The predicted molar refractivity (Wildman–Crippen MR) is 70.2 cm³/mol. The SMILES string of the molecule is CC(C)C(SCC(=O)O)c1ccc2c(c1)OCO2. The summed E-state index contributed by atoms with van der Waals surface area (Å²) in [6.07, 6.45) is 0. The molecule has 5 heteroatoms. The Hall–Kier alpha value is -1.36. The zero-order valence-corrected chi connectivity index (χ0v) is 11.2. The fourth-order valence-electron chi connectivity index (χ4n) is 1.92. The van der Waals surface area contributed by atoms with Crippen LogP contribution in [0.2, 0.25) is 0 Å². The normalized spacial score (nSPS) is 14.8. The van der Waals surface area contributed by atoms with Crippen molar-refractivity contribution >= 4 is 17.7 Å². The molecule has 18 heavy (non-hydrogen) atoms. The van der Waals surface area contributed by atoms with E-state index in [1.807, 2.05) is 18.2 Å². The molecule has 1 aromatic rings. The maximum absolute atomic E-state index is 10.7. The minimum absolute atomic E-state index is 0.108. The van der Waals surface area contributed by atoms with Gasteiger partial charge in [0.2, 0.25) is 6.79 Å². The van der Waals surface area contributed by atoms with Crippen LogP contribution < -0.4 is 9.47 Å². The third-order valence-corrected chi connectivity index (χ3v) is 4.31. The van der Waals surface area contributed by atoms with Crippen molar-refractivity contribution in [3.05, 3.63) is 23.8 Å². The van der Waals surface area contributed by atoms with Gasteiger partial charge in [-0.05, 0) is 23.6 Å². The van der Waals surface area contributed by atoms with Crippen molar-refractivity contribution in [2.24, 2.45) is 5.92 Å². The first-order valence-electron chi connectivity index (χ1n) is 5.81. The Bertz CT molecular complexity index is 445. The molecule has 1 heterocycles. The summed E-state index contributed by atoms with van der Waals surface area (Å²) >= 11 is 1.44. The molecular formula is C13H16O4S. The zero-order valence-electron chi connectivity index (χ0n) is 10.4. The van der Waals surface area contributed by atoms with Gasteiger partial charge in [0.25, 0.3) is 0 Å². The van der Waals surface area contributed by atoms with E-state index in [1.165, 1.54) is 11.8 Å². The van der Waals surface area contributed by atoms with Gasteiger partial charge in [0.15, 0.2) is 11.5 Å². The van der Waals surface area contributed by atoms with Gasteiger partial charge in [-0.1, -0.05) is 19.9 Å². The molecule has 4 nitrogen and oxygen atoms in total. The van der Waals surface area contributed by atoms with Gasteiger partial charge in [-0.15, -0.1) is 11.8 Å². The number of carbonyl (C=O) groups is 1. The molecule has 1 unspecified atom stereocenters. The Kier molecular flexibility index (Phi) is 4.01. The lowest BCUT2D eigenvalue weighted by molar-refractivity contribution is -0.133. The summed E-state index contributed by atoms with van der Waals surface area (Å²) in [6, 6.07) is 5.81. The summed E-state index contributed by atoms with van der Waals surface area (Å²) in [7, 11) is 0. The minimum Gasteiger partial charge on any atom is -0.481 e. The van der Waals surface area contributed by atoms with E-state index in [0.717, 1.165) is 17.1 Å². The standard InChI is InChI=1S/C13H16O4S/c1-8(2)13(18-6-12(14)15)9-3-4-10-11(5-9)17-7-16-10/h3-5,8,13H,6-7H2,1-2H3,(H,14,15). The van der Waals surface area contributed by atoms with E-state index >= 15 is 0 Å². The maximum Gasteiger partial charge on any atom is 0.313 e. The van der Waals surface area contributed by atoms with Gasteiger partial charge in [0, 0.05) is 5.25 Å². The Balaban J connectivity index is 2.17. The topological polar surface area (TPSA) is 55.8 Å². The lowest BCUT2D eigenvalue weighted by Gasteiger charge is -2.20. The molecule has 0 spiro atoms. The first-order valence-corrected chi connectivity index (χ1v) is 6.85. The number of thioether (sulfide) groups is 1. The van der Waals surface area contributed by atoms with Crippen LogP contribution in [0, 0.1) is 5.92 Å². The number of aliphatic carboxylic acids is 1. The third kappa shape index (κ3) is 2.90. The second kappa shape index (κ2) is 5.52. The molecule has 1 N–H and O–H groups in total. The fourth-order valence-corrected chi connectivity index (χ4v) is 2.97. The van der Waals surface area contributed by atoms with E-state index in [0.29, 0.717) is 5.92 Å². The number of hydrogen-bond acceptors (Lipinski definition) is 4. The lowest BCUT2D eigenvalue weighted by Crippen LogP contribution is -2.07. The Morgan fingerprint density at radius 1 is 1.39 bits per heavy atom. The van der Waals surface area contributed by atoms with Crippen molar-refractivity contribution in [3.8, 4) is 11.5 Å². The van der Waals surface area contributed by atoms with E-state index in [1.54, 1.807) is 0 Å². The van der Waals surface area contributed by atoms with Crippen molar-refractivity contribution in [3.63, 3.8) is 0 Å². The molecule has 1 aliphatic heterocycles. The molecule has 0 fully saturated rings. The third-order valence-electron chi connectivity index (χ3n) is 2.72. The van der Waals surface area contributed by atoms with Crippen LogP contribution in [0.1, 0.15) is 24.7 Å². The highest BCUT2D eigenvalue weighted by atomic mass is 32.2. The summed E-state index contributed by atoms with van der Waals surface area (Å²) in [5, 5.41) is 8.93. The molecule has 1 aliphatic rings. The smallest absolute Gasteiger partial charge is 0.313 e. The van der Waals surface area contributed by atoms with Crippen LogP contribution in [0.25, 0.3) is 0 Å². The highest BCUT2D eigenvalue weighted by Gasteiger charge is 2.21. The van der Waals surface area contributed by atoms with Crippen LogP contribution in [-0.2, 0) is 4.79 Å². The molecule has 0 bridgehead atoms. The number of fused-ring (bicyclic) bond motifs is 1. The van der Waals surface area contributed by atoms with Gasteiger partial charge in [0.1, 0.15) is 0 Å². The van der Waals surface area contributed by atoms with Crippen LogP contribution in [0.5, 0.6) is 11.5 Å². The quantitative estimate of drug-likeness (QED) is 0.889. The highest BCUT2D eigenvalue weighted by molar-refractivity contribution is 8.00. The monoisotopic (exact) mass is 268 g/mol. The number of ether oxygens (including phenoxy) is 2. The van der Waals surface area contributed by atoms with Crippen molar-refractivity contribution < 1.29 is 19.4 Å². The molecule has 1 aromatic carbocycles. The van der Waals surface area contributed by atoms with Gasteiger partial charge in [0.05, 0.1) is 5.75 Å². The van der Waals surface area contributed by atoms with E-state index in [2.05, 4.69) is 13.8 Å². The second-order valence-corrected chi connectivity index (χ2v) is 5.61.